The number of hydrogen-bond donors (Lipinski definition) is 1. The maximum atomic E-state index is 4.95. The van der Waals surface area contributed by atoms with Gasteiger partial charge in [0.05, 0.1) is 5.69 Å². The summed E-state index contributed by atoms with van der Waals surface area (Å²) < 4.78 is 0. The molecule has 5 heteroatoms. The Bertz CT molecular complexity index is 415. The average Bonchev–Trinajstić information content (AvgIpc) is 3.19. The number of nitrogens with one attached hydrogen (secondary N) is 1. The Kier molecular flexibility index (Phi) is 6.18. The fourth-order valence-electron chi connectivity index (χ4n) is 2.22. The van der Waals surface area contributed by atoms with Crippen LogP contribution in [0.3, 0.4) is 0 Å². The van der Waals surface area contributed by atoms with Gasteiger partial charge in [0.2, 0.25) is 0 Å². The Labute approximate surface area is 131 Å². The summed E-state index contributed by atoms with van der Waals surface area (Å²) in [4.78, 5) is 8.75. The molecule has 1 aliphatic rings. The second-order valence-electron chi connectivity index (χ2n) is 5.67. The minimum atomic E-state index is 0.541. The highest BCUT2D eigenvalue weighted by Crippen LogP contribution is 2.44. The van der Waals surface area contributed by atoms with Crippen molar-refractivity contribution in [1.29, 1.82) is 0 Å². The maximum Gasteiger partial charge on any atom is 0.185 e. The van der Waals surface area contributed by atoms with Gasteiger partial charge in [0, 0.05) is 36.2 Å². The van der Waals surface area contributed by atoms with Gasteiger partial charge in [-0.05, 0) is 39.0 Å². The Hall–Kier alpha value is -0.260. The molecule has 1 N–H and O–H groups in total. The van der Waals surface area contributed by atoms with Crippen molar-refractivity contribution in [1.82, 2.24) is 10.3 Å². The molecule has 0 radical (unpaired) electrons. The van der Waals surface area contributed by atoms with Crippen LogP contribution in [-0.4, -0.2) is 36.6 Å². The number of hydrogen-bond acceptors (Lipinski definition) is 5. The number of nitrogens with zero attached hydrogens (tertiary/aromatic N) is 2. The van der Waals surface area contributed by atoms with E-state index in [2.05, 4.69) is 37.4 Å². The van der Waals surface area contributed by atoms with Crippen molar-refractivity contribution in [2.45, 2.75) is 51.6 Å². The lowest BCUT2D eigenvalue weighted by Gasteiger charge is -2.23. The van der Waals surface area contributed by atoms with Crippen molar-refractivity contribution in [2.75, 3.05) is 30.5 Å². The predicted octanol–water partition coefficient (Wildman–Crippen LogP) is 3.71. The van der Waals surface area contributed by atoms with Gasteiger partial charge in [-0.1, -0.05) is 6.92 Å². The van der Waals surface area contributed by atoms with Crippen LogP contribution in [0.15, 0.2) is 0 Å². The molecule has 0 saturated heterocycles. The van der Waals surface area contributed by atoms with Crippen LogP contribution in [0.25, 0.3) is 0 Å². The lowest BCUT2D eigenvalue weighted by molar-refractivity contribution is 0.676. The Morgan fingerprint density at radius 1 is 1.50 bits per heavy atom. The molecule has 1 heterocycles. The van der Waals surface area contributed by atoms with Crippen molar-refractivity contribution in [3.8, 4) is 0 Å². The van der Waals surface area contributed by atoms with Crippen LogP contribution in [0.1, 0.15) is 49.6 Å². The molecular weight excluding hydrogens is 286 g/mol. The second kappa shape index (κ2) is 7.66. The van der Waals surface area contributed by atoms with E-state index in [-0.39, 0.29) is 0 Å². The number of thioether (sulfide) groups is 1. The van der Waals surface area contributed by atoms with E-state index in [1.54, 1.807) is 0 Å². The van der Waals surface area contributed by atoms with Crippen LogP contribution in [0, 0.1) is 0 Å². The van der Waals surface area contributed by atoms with E-state index < -0.39 is 0 Å². The number of anilines is 1. The summed E-state index contributed by atoms with van der Waals surface area (Å²) in [6.45, 7) is 6.58. The summed E-state index contributed by atoms with van der Waals surface area (Å²) in [7, 11) is 2.18. The van der Waals surface area contributed by atoms with E-state index in [1.165, 1.54) is 35.0 Å². The molecule has 0 spiro atoms. The topological polar surface area (TPSA) is 28.2 Å². The van der Waals surface area contributed by atoms with Crippen molar-refractivity contribution in [2.24, 2.45) is 0 Å². The van der Waals surface area contributed by atoms with Crippen LogP contribution in [0.2, 0.25) is 0 Å². The van der Waals surface area contributed by atoms with Gasteiger partial charge in [-0.25, -0.2) is 4.98 Å². The van der Waals surface area contributed by atoms with Gasteiger partial charge in [0.25, 0.3) is 0 Å². The number of thiazole rings is 1. The average molecular weight is 314 g/mol. The van der Waals surface area contributed by atoms with Gasteiger partial charge in [0.15, 0.2) is 5.13 Å². The smallest absolute Gasteiger partial charge is 0.185 e. The summed E-state index contributed by atoms with van der Waals surface area (Å²) in [6.07, 6.45) is 6.01. The first-order chi connectivity index (χ1) is 9.67. The van der Waals surface area contributed by atoms with E-state index in [0.717, 1.165) is 24.8 Å². The Balaban J connectivity index is 2.07. The van der Waals surface area contributed by atoms with Gasteiger partial charge in [-0.15, -0.1) is 11.3 Å². The molecule has 1 fully saturated rings. The predicted molar refractivity (Wildman–Crippen MR) is 92.3 cm³/mol. The highest BCUT2D eigenvalue weighted by atomic mass is 32.2. The van der Waals surface area contributed by atoms with Gasteiger partial charge in [-0.2, -0.15) is 11.8 Å². The van der Waals surface area contributed by atoms with E-state index in [9.17, 15) is 0 Å². The molecule has 1 aromatic heterocycles. The normalized spacial score (nSPS) is 16.4. The Morgan fingerprint density at radius 2 is 2.25 bits per heavy atom. The highest BCUT2D eigenvalue weighted by Gasteiger charge is 2.30. The Morgan fingerprint density at radius 3 is 2.85 bits per heavy atom. The van der Waals surface area contributed by atoms with Crippen LogP contribution in [0.5, 0.6) is 0 Å². The van der Waals surface area contributed by atoms with Gasteiger partial charge >= 0.3 is 0 Å². The number of rotatable bonds is 9. The number of aromatic nitrogens is 1. The fraction of sp³-hybridized carbons (Fsp3) is 0.800. The summed E-state index contributed by atoms with van der Waals surface area (Å²) >= 11 is 3.79. The third-order valence-electron chi connectivity index (χ3n) is 3.76. The molecule has 0 aromatic carbocycles. The summed E-state index contributed by atoms with van der Waals surface area (Å²) in [5.41, 5.74) is 1.37. The third kappa shape index (κ3) is 4.12. The fourth-order valence-corrected chi connectivity index (χ4v) is 4.11. The highest BCUT2D eigenvalue weighted by molar-refractivity contribution is 7.98. The molecule has 114 valence electrons. The van der Waals surface area contributed by atoms with Gasteiger partial charge in [0.1, 0.15) is 0 Å². The molecule has 0 bridgehead atoms. The standard InChI is InChI=1S/C15H27N3S2/c1-5-8-16-9-13-14(12-6-7-12)17-15(20-13)18(3)11(2)10-19-4/h11-12,16H,5-10H2,1-4H3. The molecule has 1 atom stereocenters. The van der Waals surface area contributed by atoms with Gasteiger partial charge < -0.3 is 10.2 Å². The summed E-state index contributed by atoms with van der Waals surface area (Å²) in [6, 6.07) is 0.541. The minimum absolute atomic E-state index is 0.541. The molecule has 2 rings (SSSR count). The lowest BCUT2D eigenvalue weighted by atomic mass is 10.2. The molecule has 0 aliphatic heterocycles. The zero-order valence-electron chi connectivity index (χ0n) is 13.1. The van der Waals surface area contributed by atoms with Crippen molar-refractivity contribution >= 4 is 28.2 Å². The van der Waals surface area contributed by atoms with Crippen LogP contribution < -0.4 is 10.2 Å². The quantitative estimate of drug-likeness (QED) is 0.704. The van der Waals surface area contributed by atoms with Crippen LogP contribution >= 0.6 is 23.1 Å². The molecule has 20 heavy (non-hydrogen) atoms. The first kappa shape index (κ1) is 16.1. The van der Waals surface area contributed by atoms with Crippen molar-refractivity contribution in [3.05, 3.63) is 10.6 Å². The van der Waals surface area contributed by atoms with E-state index in [4.69, 9.17) is 4.98 Å². The van der Waals surface area contributed by atoms with E-state index >= 15 is 0 Å². The summed E-state index contributed by atoms with van der Waals surface area (Å²) in [5, 5.41) is 4.72. The molecule has 3 nitrogen and oxygen atoms in total. The van der Waals surface area contributed by atoms with E-state index in [0.29, 0.717) is 6.04 Å². The molecule has 1 unspecified atom stereocenters. The maximum absolute atomic E-state index is 4.95. The zero-order valence-corrected chi connectivity index (χ0v) is 14.7. The minimum Gasteiger partial charge on any atom is -0.348 e. The second-order valence-corrected chi connectivity index (χ2v) is 7.64. The lowest BCUT2D eigenvalue weighted by Crippen LogP contribution is -2.30. The van der Waals surface area contributed by atoms with Crippen molar-refractivity contribution < 1.29 is 0 Å². The van der Waals surface area contributed by atoms with Crippen LogP contribution in [-0.2, 0) is 6.54 Å². The largest absolute Gasteiger partial charge is 0.348 e. The molecule has 0 amide bonds. The molecule has 1 aliphatic carbocycles. The van der Waals surface area contributed by atoms with Gasteiger partial charge in [-0.3, -0.25) is 0 Å². The first-order valence-corrected chi connectivity index (χ1v) is 9.80. The molecule has 1 saturated carbocycles. The van der Waals surface area contributed by atoms with Crippen LogP contribution in [0.4, 0.5) is 5.13 Å². The SMILES string of the molecule is CCCNCc1sc(N(C)C(C)CSC)nc1C1CC1. The molecule has 1 aromatic rings. The third-order valence-corrected chi connectivity index (χ3v) is 5.74. The zero-order chi connectivity index (χ0) is 14.5. The first-order valence-electron chi connectivity index (χ1n) is 7.59. The molecular formula is C15H27N3S2. The van der Waals surface area contributed by atoms with E-state index in [1.807, 2.05) is 23.1 Å². The van der Waals surface area contributed by atoms with Crippen molar-refractivity contribution in [3.63, 3.8) is 0 Å². The monoisotopic (exact) mass is 313 g/mol. The summed E-state index contributed by atoms with van der Waals surface area (Å²) in [5.74, 6) is 1.89.